The van der Waals surface area contributed by atoms with E-state index in [1.165, 1.54) is 0 Å². The van der Waals surface area contributed by atoms with Crippen LogP contribution < -0.4 is 5.32 Å². The SMILES string of the molecule is CNC(=O)CCCCC(CO)CC(C)C. The molecule has 1 amide bonds. The third kappa shape index (κ3) is 8.43. The quantitative estimate of drug-likeness (QED) is 0.608. The average molecular weight is 215 g/mol. The van der Waals surface area contributed by atoms with Gasteiger partial charge in [0.25, 0.3) is 0 Å². The van der Waals surface area contributed by atoms with Crippen LogP contribution in [0, 0.1) is 11.8 Å². The van der Waals surface area contributed by atoms with Crippen LogP contribution in [-0.4, -0.2) is 24.7 Å². The molecule has 15 heavy (non-hydrogen) atoms. The van der Waals surface area contributed by atoms with Crippen LogP contribution in [0.3, 0.4) is 0 Å². The Bertz CT molecular complexity index is 169. The Hall–Kier alpha value is -0.570. The summed E-state index contributed by atoms with van der Waals surface area (Å²) < 4.78 is 0. The number of rotatable bonds is 8. The maximum absolute atomic E-state index is 10.9. The molecule has 2 N–H and O–H groups in total. The van der Waals surface area contributed by atoms with Crippen molar-refractivity contribution in [2.45, 2.75) is 46.0 Å². The molecule has 0 heterocycles. The number of nitrogens with one attached hydrogen (secondary N) is 1. The molecule has 3 heteroatoms. The monoisotopic (exact) mass is 215 g/mol. The summed E-state index contributed by atoms with van der Waals surface area (Å²) in [6, 6.07) is 0. The zero-order valence-electron chi connectivity index (χ0n) is 10.3. The molecule has 0 saturated heterocycles. The lowest BCUT2D eigenvalue weighted by molar-refractivity contribution is -0.120. The van der Waals surface area contributed by atoms with E-state index >= 15 is 0 Å². The smallest absolute Gasteiger partial charge is 0.219 e. The predicted molar refractivity (Wildman–Crippen MR) is 62.6 cm³/mol. The highest BCUT2D eigenvalue weighted by molar-refractivity contribution is 5.75. The number of unbranched alkanes of at least 4 members (excludes halogenated alkanes) is 1. The molecule has 0 aromatic carbocycles. The van der Waals surface area contributed by atoms with E-state index < -0.39 is 0 Å². The summed E-state index contributed by atoms with van der Waals surface area (Å²) in [6.45, 7) is 4.62. The zero-order chi connectivity index (χ0) is 11.7. The van der Waals surface area contributed by atoms with Gasteiger partial charge in [-0.25, -0.2) is 0 Å². The van der Waals surface area contributed by atoms with E-state index in [9.17, 15) is 4.79 Å². The second-order valence-corrected chi connectivity index (χ2v) is 4.60. The van der Waals surface area contributed by atoms with E-state index in [-0.39, 0.29) is 12.5 Å². The van der Waals surface area contributed by atoms with Crippen LogP contribution in [0.2, 0.25) is 0 Å². The van der Waals surface area contributed by atoms with Gasteiger partial charge < -0.3 is 10.4 Å². The van der Waals surface area contributed by atoms with Crippen molar-refractivity contribution in [3.8, 4) is 0 Å². The fraction of sp³-hybridized carbons (Fsp3) is 0.917. The molecule has 0 aromatic rings. The van der Waals surface area contributed by atoms with Gasteiger partial charge in [-0.1, -0.05) is 20.3 Å². The van der Waals surface area contributed by atoms with E-state index in [1.54, 1.807) is 7.05 Å². The molecule has 3 nitrogen and oxygen atoms in total. The second-order valence-electron chi connectivity index (χ2n) is 4.60. The molecule has 0 fully saturated rings. The third-order valence-electron chi connectivity index (χ3n) is 2.61. The first-order valence-corrected chi connectivity index (χ1v) is 5.91. The summed E-state index contributed by atoms with van der Waals surface area (Å²) in [6.07, 6.45) is 4.68. The minimum absolute atomic E-state index is 0.111. The Labute approximate surface area is 93.3 Å². The normalized spacial score (nSPS) is 12.9. The van der Waals surface area contributed by atoms with Crippen LogP contribution in [0.1, 0.15) is 46.0 Å². The molecule has 0 rings (SSSR count). The number of amides is 1. The van der Waals surface area contributed by atoms with Crippen molar-refractivity contribution in [1.82, 2.24) is 5.32 Å². The lowest BCUT2D eigenvalue weighted by Gasteiger charge is -2.15. The molecule has 0 aliphatic carbocycles. The number of hydrogen-bond donors (Lipinski definition) is 2. The van der Waals surface area contributed by atoms with Crippen LogP contribution in [-0.2, 0) is 4.79 Å². The molecular formula is C12H25NO2. The molecule has 0 spiro atoms. The van der Waals surface area contributed by atoms with Crippen LogP contribution in [0.4, 0.5) is 0 Å². The summed E-state index contributed by atoms with van der Waals surface area (Å²) >= 11 is 0. The maximum atomic E-state index is 10.9. The Morgan fingerprint density at radius 3 is 2.47 bits per heavy atom. The number of aliphatic hydroxyl groups is 1. The van der Waals surface area contributed by atoms with Gasteiger partial charge in [0, 0.05) is 20.1 Å². The topological polar surface area (TPSA) is 49.3 Å². The number of carbonyl (C=O) groups is 1. The highest BCUT2D eigenvalue weighted by atomic mass is 16.3. The summed E-state index contributed by atoms with van der Waals surface area (Å²) in [5.41, 5.74) is 0. The van der Waals surface area contributed by atoms with Crippen molar-refractivity contribution >= 4 is 5.91 Å². The van der Waals surface area contributed by atoms with E-state index in [0.29, 0.717) is 18.3 Å². The van der Waals surface area contributed by atoms with E-state index in [4.69, 9.17) is 5.11 Å². The number of aliphatic hydroxyl groups excluding tert-OH is 1. The van der Waals surface area contributed by atoms with E-state index in [2.05, 4.69) is 19.2 Å². The van der Waals surface area contributed by atoms with Crippen LogP contribution in [0.15, 0.2) is 0 Å². The van der Waals surface area contributed by atoms with Gasteiger partial charge in [0.15, 0.2) is 0 Å². The Kier molecular flexibility index (Phi) is 8.38. The van der Waals surface area contributed by atoms with Crippen LogP contribution >= 0.6 is 0 Å². The molecule has 0 radical (unpaired) electrons. The maximum Gasteiger partial charge on any atom is 0.219 e. The van der Waals surface area contributed by atoms with Gasteiger partial charge in [-0.2, -0.15) is 0 Å². The minimum Gasteiger partial charge on any atom is -0.396 e. The van der Waals surface area contributed by atoms with Crippen molar-refractivity contribution in [3.63, 3.8) is 0 Å². The van der Waals surface area contributed by atoms with Gasteiger partial charge in [0.2, 0.25) is 5.91 Å². The molecule has 1 unspecified atom stereocenters. The molecule has 1 atom stereocenters. The lowest BCUT2D eigenvalue weighted by atomic mass is 9.93. The largest absolute Gasteiger partial charge is 0.396 e. The molecule has 0 saturated carbocycles. The van der Waals surface area contributed by atoms with Crippen LogP contribution in [0.5, 0.6) is 0 Å². The van der Waals surface area contributed by atoms with Gasteiger partial charge in [-0.3, -0.25) is 4.79 Å². The molecule has 90 valence electrons. The summed E-state index contributed by atoms with van der Waals surface area (Å²) in [7, 11) is 1.66. The standard InChI is InChI=1S/C12H25NO2/c1-10(2)8-11(9-14)6-4-5-7-12(15)13-3/h10-11,14H,4-9H2,1-3H3,(H,13,15). The number of hydrogen-bond acceptors (Lipinski definition) is 2. The average Bonchev–Trinajstić information content (AvgIpc) is 2.21. The molecule has 0 aliphatic rings. The zero-order valence-corrected chi connectivity index (χ0v) is 10.3. The predicted octanol–water partition coefficient (Wildman–Crippen LogP) is 1.95. The van der Waals surface area contributed by atoms with Gasteiger partial charge in [-0.15, -0.1) is 0 Å². The second kappa shape index (κ2) is 8.72. The van der Waals surface area contributed by atoms with Crippen LogP contribution in [0.25, 0.3) is 0 Å². The van der Waals surface area contributed by atoms with Gasteiger partial charge in [-0.05, 0) is 31.1 Å². The Morgan fingerprint density at radius 1 is 1.33 bits per heavy atom. The molecule has 0 aliphatic heterocycles. The van der Waals surface area contributed by atoms with Gasteiger partial charge in [0.1, 0.15) is 0 Å². The van der Waals surface area contributed by atoms with Gasteiger partial charge >= 0.3 is 0 Å². The molecule has 0 bridgehead atoms. The first kappa shape index (κ1) is 14.4. The first-order valence-electron chi connectivity index (χ1n) is 5.91. The van der Waals surface area contributed by atoms with Crippen molar-refractivity contribution in [3.05, 3.63) is 0 Å². The summed E-state index contributed by atoms with van der Waals surface area (Å²) in [4.78, 5) is 10.9. The van der Waals surface area contributed by atoms with Gasteiger partial charge in [0.05, 0.1) is 0 Å². The van der Waals surface area contributed by atoms with Crippen molar-refractivity contribution in [2.75, 3.05) is 13.7 Å². The number of carbonyl (C=O) groups excluding carboxylic acids is 1. The minimum atomic E-state index is 0.111. The fourth-order valence-electron chi connectivity index (χ4n) is 1.79. The fourth-order valence-corrected chi connectivity index (χ4v) is 1.79. The summed E-state index contributed by atoms with van der Waals surface area (Å²) in [5, 5.41) is 11.8. The van der Waals surface area contributed by atoms with Crippen molar-refractivity contribution in [1.29, 1.82) is 0 Å². The lowest BCUT2D eigenvalue weighted by Crippen LogP contribution is -2.17. The highest BCUT2D eigenvalue weighted by Crippen LogP contribution is 2.17. The Morgan fingerprint density at radius 2 is 2.00 bits per heavy atom. The van der Waals surface area contributed by atoms with Crippen molar-refractivity contribution < 1.29 is 9.90 Å². The van der Waals surface area contributed by atoms with E-state index in [1.807, 2.05) is 0 Å². The Balaban J connectivity index is 3.50. The molecular weight excluding hydrogens is 190 g/mol. The molecule has 0 aromatic heterocycles. The first-order chi connectivity index (χ1) is 7.10. The van der Waals surface area contributed by atoms with Crippen molar-refractivity contribution in [2.24, 2.45) is 11.8 Å². The third-order valence-corrected chi connectivity index (χ3v) is 2.61. The summed E-state index contributed by atoms with van der Waals surface area (Å²) in [5.74, 6) is 1.16. The van der Waals surface area contributed by atoms with E-state index in [0.717, 1.165) is 25.7 Å². The highest BCUT2D eigenvalue weighted by Gasteiger charge is 2.09.